The lowest BCUT2D eigenvalue weighted by Crippen LogP contribution is -2.27. The molecule has 0 fully saturated rings. The molecular formula is C28H28N2O4. The van der Waals surface area contributed by atoms with Crippen LogP contribution in [0.4, 0.5) is 11.4 Å². The predicted molar refractivity (Wildman–Crippen MR) is 133 cm³/mol. The first kappa shape index (κ1) is 21.9. The van der Waals surface area contributed by atoms with Crippen molar-refractivity contribution in [2.24, 2.45) is 0 Å². The van der Waals surface area contributed by atoms with Gasteiger partial charge in [0.25, 0.3) is 0 Å². The van der Waals surface area contributed by atoms with E-state index in [4.69, 9.17) is 14.2 Å². The van der Waals surface area contributed by atoms with E-state index in [2.05, 4.69) is 10.6 Å². The average molecular weight is 457 g/mol. The summed E-state index contributed by atoms with van der Waals surface area (Å²) in [4.78, 5) is 13.7. The Balaban J connectivity index is 1.60. The molecule has 0 saturated carbocycles. The molecule has 2 atom stereocenters. The number of hydrogen-bond acceptors (Lipinski definition) is 6. The number of ether oxygens (including phenoxy) is 3. The second kappa shape index (κ2) is 9.14. The number of methoxy groups -OCH3 is 3. The van der Waals surface area contributed by atoms with E-state index < -0.39 is 0 Å². The van der Waals surface area contributed by atoms with Gasteiger partial charge in [-0.1, -0.05) is 36.4 Å². The molecule has 174 valence electrons. The summed E-state index contributed by atoms with van der Waals surface area (Å²) in [6, 6.07) is 21.5. The van der Waals surface area contributed by atoms with E-state index in [-0.39, 0.29) is 17.7 Å². The maximum absolute atomic E-state index is 13.7. The van der Waals surface area contributed by atoms with Crippen LogP contribution in [0.3, 0.4) is 0 Å². The Morgan fingerprint density at radius 2 is 1.47 bits per heavy atom. The highest BCUT2D eigenvalue weighted by molar-refractivity contribution is 6.01. The van der Waals surface area contributed by atoms with Crippen molar-refractivity contribution >= 4 is 17.2 Å². The summed E-state index contributed by atoms with van der Waals surface area (Å²) in [5, 5.41) is 7.19. The number of allylic oxidation sites excluding steroid dienone is 1. The van der Waals surface area contributed by atoms with Gasteiger partial charge in [0, 0.05) is 23.3 Å². The number of hydrogen-bond donors (Lipinski definition) is 2. The second-order valence-corrected chi connectivity index (χ2v) is 8.52. The largest absolute Gasteiger partial charge is 0.496 e. The van der Waals surface area contributed by atoms with Crippen molar-refractivity contribution in [2.45, 2.75) is 24.8 Å². The van der Waals surface area contributed by atoms with E-state index in [1.807, 2.05) is 66.7 Å². The zero-order valence-electron chi connectivity index (χ0n) is 19.6. The van der Waals surface area contributed by atoms with Crippen LogP contribution in [0.2, 0.25) is 0 Å². The van der Waals surface area contributed by atoms with Gasteiger partial charge in [-0.15, -0.1) is 0 Å². The molecule has 0 aromatic heterocycles. The number of Topliss-reactive ketones (excluding diaryl/α,β-unsaturated/α-hetero) is 1. The van der Waals surface area contributed by atoms with Crippen molar-refractivity contribution in [1.29, 1.82) is 0 Å². The quantitative estimate of drug-likeness (QED) is 0.514. The molecule has 0 amide bonds. The van der Waals surface area contributed by atoms with Crippen LogP contribution in [0.1, 0.15) is 35.9 Å². The molecule has 6 nitrogen and oxygen atoms in total. The Kier molecular flexibility index (Phi) is 5.88. The molecular weight excluding hydrogens is 428 g/mol. The van der Waals surface area contributed by atoms with Crippen molar-refractivity contribution in [2.75, 3.05) is 32.0 Å². The third-order valence-corrected chi connectivity index (χ3v) is 6.64. The Morgan fingerprint density at radius 3 is 2.24 bits per heavy atom. The van der Waals surface area contributed by atoms with Crippen LogP contribution in [-0.2, 0) is 4.79 Å². The Morgan fingerprint density at radius 1 is 0.765 bits per heavy atom. The minimum atomic E-state index is -0.318. The number of nitrogens with one attached hydrogen (secondary N) is 2. The fourth-order valence-electron chi connectivity index (χ4n) is 4.97. The number of para-hydroxylation sites is 3. The van der Waals surface area contributed by atoms with Crippen molar-refractivity contribution < 1.29 is 19.0 Å². The van der Waals surface area contributed by atoms with Gasteiger partial charge in [-0.05, 0) is 48.2 Å². The topological polar surface area (TPSA) is 68.8 Å². The molecule has 0 spiro atoms. The zero-order valence-corrected chi connectivity index (χ0v) is 19.6. The van der Waals surface area contributed by atoms with Gasteiger partial charge in [0.15, 0.2) is 17.3 Å². The molecule has 3 aromatic rings. The first-order valence-corrected chi connectivity index (χ1v) is 11.4. The summed E-state index contributed by atoms with van der Waals surface area (Å²) in [5.41, 5.74) is 5.59. The van der Waals surface area contributed by atoms with Crippen molar-refractivity contribution in [1.82, 2.24) is 0 Å². The third kappa shape index (κ3) is 3.85. The maximum atomic E-state index is 13.7. The van der Waals surface area contributed by atoms with Crippen LogP contribution in [0.15, 0.2) is 78.0 Å². The molecule has 0 bridgehead atoms. The fourth-order valence-corrected chi connectivity index (χ4v) is 4.97. The number of carbonyl (C=O) groups excluding carboxylic acids is 1. The van der Waals surface area contributed by atoms with Crippen LogP contribution in [-0.4, -0.2) is 27.1 Å². The first-order valence-electron chi connectivity index (χ1n) is 11.4. The lowest BCUT2D eigenvalue weighted by Gasteiger charge is -2.30. The summed E-state index contributed by atoms with van der Waals surface area (Å²) in [6.07, 6.45) is 1.12. The third-order valence-electron chi connectivity index (χ3n) is 6.64. The molecule has 34 heavy (non-hydrogen) atoms. The number of anilines is 2. The fraction of sp³-hybridized carbons (Fsp3) is 0.250. The van der Waals surface area contributed by atoms with Gasteiger partial charge in [-0.25, -0.2) is 0 Å². The predicted octanol–water partition coefficient (Wildman–Crippen LogP) is 5.69. The molecule has 0 radical (unpaired) electrons. The van der Waals surface area contributed by atoms with E-state index in [1.54, 1.807) is 21.3 Å². The molecule has 2 N–H and O–H groups in total. The average Bonchev–Trinajstić information content (AvgIpc) is 3.05. The smallest absolute Gasteiger partial charge is 0.163 e. The first-order chi connectivity index (χ1) is 16.6. The van der Waals surface area contributed by atoms with Crippen LogP contribution in [0.5, 0.6) is 17.2 Å². The molecule has 3 aromatic carbocycles. The monoisotopic (exact) mass is 456 g/mol. The Labute approximate surface area is 199 Å². The molecule has 1 heterocycles. The van der Waals surface area contributed by atoms with E-state index in [0.717, 1.165) is 39.5 Å². The lowest BCUT2D eigenvalue weighted by atomic mass is 9.78. The highest BCUT2D eigenvalue weighted by Crippen LogP contribution is 2.46. The van der Waals surface area contributed by atoms with Gasteiger partial charge in [-0.3, -0.25) is 4.79 Å². The molecule has 1 aliphatic carbocycles. The van der Waals surface area contributed by atoms with Crippen molar-refractivity contribution in [3.8, 4) is 17.2 Å². The second-order valence-electron chi connectivity index (χ2n) is 8.52. The minimum Gasteiger partial charge on any atom is -0.496 e. The SMILES string of the molecule is COc1ccc(C2CC(=O)C3=C(C2)Nc2ccccc2NC3c2ccccc2OC)cc1OC. The number of carbonyl (C=O) groups is 1. The molecule has 5 rings (SSSR count). The van der Waals surface area contributed by atoms with Crippen LogP contribution >= 0.6 is 0 Å². The van der Waals surface area contributed by atoms with Gasteiger partial charge >= 0.3 is 0 Å². The van der Waals surface area contributed by atoms with Crippen LogP contribution in [0, 0.1) is 0 Å². The van der Waals surface area contributed by atoms with E-state index >= 15 is 0 Å². The van der Waals surface area contributed by atoms with Gasteiger partial charge in [0.2, 0.25) is 0 Å². The summed E-state index contributed by atoms with van der Waals surface area (Å²) in [7, 11) is 4.91. The molecule has 0 saturated heterocycles. The highest BCUT2D eigenvalue weighted by atomic mass is 16.5. The molecule has 1 aliphatic heterocycles. The number of rotatable bonds is 5. The molecule has 2 aliphatic rings. The minimum absolute atomic E-state index is 0.0298. The standard InChI is InChI=1S/C28H28N2O4/c1-32-24-11-7-4-8-19(24)28-27-22(29-20-9-5-6-10-21(20)30-28)14-18(15-23(27)31)17-12-13-25(33-2)26(16-17)34-3/h4-13,16,18,28-30H,14-15H2,1-3H3. The van der Waals surface area contributed by atoms with E-state index in [0.29, 0.717) is 24.3 Å². The highest BCUT2D eigenvalue weighted by Gasteiger charge is 2.37. The summed E-state index contributed by atoms with van der Waals surface area (Å²) in [6.45, 7) is 0. The van der Waals surface area contributed by atoms with Gasteiger partial charge in [-0.2, -0.15) is 0 Å². The van der Waals surface area contributed by atoms with Gasteiger partial charge in [0.05, 0.1) is 38.7 Å². The van der Waals surface area contributed by atoms with Gasteiger partial charge in [0.1, 0.15) is 5.75 Å². The summed E-state index contributed by atoms with van der Waals surface area (Å²) < 4.78 is 16.6. The number of ketones is 1. The van der Waals surface area contributed by atoms with Crippen LogP contribution < -0.4 is 24.8 Å². The summed E-state index contributed by atoms with van der Waals surface area (Å²) >= 11 is 0. The molecule has 6 heteroatoms. The van der Waals surface area contributed by atoms with Gasteiger partial charge < -0.3 is 24.8 Å². The van der Waals surface area contributed by atoms with E-state index in [1.165, 1.54) is 0 Å². The molecule has 2 unspecified atom stereocenters. The number of benzene rings is 3. The maximum Gasteiger partial charge on any atom is 0.163 e. The Hall–Kier alpha value is -3.93. The number of fused-ring (bicyclic) bond motifs is 1. The summed E-state index contributed by atoms with van der Waals surface area (Å²) in [5.74, 6) is 2.24. The zero-order chi connectivity index (χ0) is 23.7. The van der Waals surface area contributed by atoms with Crippen molar-refractivity contribution in [3.05, 3.63) is 89.1 Å². The normalized spacial score (nSPS) is 19.2. The van der Waals surface area contributed by atoms with Crippen molar-refractivity contribution in [3.63, 3.8) is 0 Å². The van der Waals surface area contributed by atoms with Crippen LogP contribution in [0.25, 0.3) is 0 Å². The lowest BCUT2D eigenvalue weighted by molar-refractivity contribution is -0.116. The van der Waals surface area contributed by atoms with E-state index in [9.17, 15) is 4.79 Å². The Bertz CT molecular complexity index is 1270.